The summed E-state index contributed by atoms with van der Waals surface area (Å²) in [5.41, 5.74) is 0.647. The highest BCUT2D eigenvalue weighted by Crippen LogP contribution is 2.26. The van der Waals surface area contributed by atoms with Crippen molar-refractivity contribution in [2.45, 2.75) is 52.4 Å². The second kappa shape index (κ2) is 11.6. The van der Waals surface area contributed by atoms with Crippen molar-refractivity contribution in [1.82, 2.24) is 14.8 Å². The zero-order chi connectivity index (χ0) is 22.2. The van der Waals surface area contributed by atoms with Gasteiger partial charge in [-0.1, -0.05) is 33.1 Å². The van der Waals surface area contributed by atoms with Gasteiger partial charge in [0.15, 0.2) is 5.13 Å². The number of amides is 3. The average Bonchev–Trinajstić information content (AvgIpc) is 3.20. The molecule has 0 atom stereocenters. The first-order chi connectivity index (χ1) is 14.9. The topological polar surface area (TPSA) is 91.8 Å². The second-order valence-electron chi connectivity index (χ2n) is 8.81. The summed E-state index contributed by atoms with van der Waals surface area (Å²) >= 11 is 1.30. The van der Waals surface area contributed by atoms with Gasteiger partial charge in [0.2, 0.25) is 17.7 Å². The van der Waals surface area contributed by atoms with Crippen molar-refractivity contribution in [1.29, 1.82) is 0 Å². The third-order valence-electron chi connectivity index (χ3n) is 5.68. The van der Waals surface area contributed by atoms with Gasteiger partial charge >= 0.3 is 0 Å². The molecule has 1 aromatic heterocycles. The number of nitrogens with zero attached hydrogens (tertiary/aromatic N) is 3. The van der Waals surface area contributed by atoms with Gasteiger partial charge in [-0.15, -0.1) is 11.3 Å². The molecule has 9 heteroatoms. The zero-order valence-corrected chi connectivity index (χ0v) is 19.4. The van der Waals surface area contributed by atoms with Gasteiger partial charge in [0.1, 0.15) is 0 Å². The van der Waals surface area contributed by atoms with Gasteiger partial charge in [0.25, 0.3) is 0 Å². The van der Waals surface area contributed by atoms with E-state index < -0.39 is 0 Å². The Morgan fingerprint density at radius 2 is 1.94 bits per heavy atom. The maximum Gasteiger partial charge on any atom is 0.245 e. The summed E-state index contributed by atoms with van der Waals surface area (Å²) in [6.45, 7) is 7.05. The fourth-order valence-electron chi connectivity index (χ4n) is 4.14. The van der Waals surface area contributed by atoms with Crippen LogP contribution in [0.25, 0.3) is 0 Å². The fraction of sp³-hybridized carbons (Fsp3) is 0.727. The smallest absolute Gasteiger partial charge is 0.245 e. The number of hydrogen-bond acceptors (Lipinski definition) is 6. The molecule has 2 heterocycles. The molecular formula is C22H34N4O4S. The van der Waals surface area contributed by atoms with Crippen molar-refractivity contribution >= 4 is 34.2 Å². The van der Waals surface area contributed by atoms with Crippen LogP contribution in [0.2, 0.25) is 0 Å². The Morgan fingerprint density at radius 3 is 2.61 bits per heavy atom. The highest BCUT2D eigenvalue weighted by Gasteiger charge is 2.28. The maximum atomic E-state index is 13.0. The number of ether oxygens (including phenoxy) is 1. The predicted molar refractivity (Wildman–Crippen MR) is 120 cm³/mol. The van der Waals surface area contributed by atoms with Crippen molar-refractivity contribution in [3.05, 3.63) is 11.1 Å². The Morgan fingerprint density at radius 1 is 1.23 bits per heavy atom. The molecule has 2 aliphatic rings. The summed E-state index contributed by atoms with van der Waals surface area (Å²) in [6.07, 6.45) is 5.41. The van der Waals surface area contributed by atoms with Gasteiger partial charge in [-0.2, -0.15) is 0 Å². The standard InChI is InChI=1S/C22H34N4O4S/c1-16(2)13-26(21(29)17-6-4-3-5-7-17)14-19(27)24-22-23-18(15-31-22)12-20(28)25-8-10-30-11-9-25/h15-17H,3-14H2,1-2H3,(H,23,24,27). The molecule has 3 amide bonds. The van der Waals surface area contributed by atoms with Crippen molar-refractivity contribution in [2.24, 2.45) is 11.8 Å². The van der Waals surface area contributed by atoms with Crippen LogP contribution in [-0.2, 0) is 25.5 Å². The molecule has 0 spiro atoms. The molecule has 1 saturated heterocycles. The van der Waals surface area contributed by atoms with Gasteiger partial charge in [0, 0.05) is 30.9 Å². The third kappa shape index (κ3) is 7.28. The molecule has 0 radical (unpaired) electrons. The molecule has 1 aliphatic heterocycles. The van der Waals surface area contributed by atoms with Crippen LogP contribution < -0.4 is 5.32 Å². The number of anilines is 1. The predicted octanol–water partition coefficient (Wildman–Crippen LogP) is 2.55. The zero-order valence-electron chi connectivity index (χ0n) is 18.6. The van der Waals surface area contributed by atoms with Crippen molar-refractivity contribution in [2.75, 3.05) is 44.7 Å². The largest absolute Gasteiger partial charge is 0.378 e. The molecule has 172 valence electrons. The first-order valence-corrected chi connectivity index (χ1v) is 12.2. The highest BCUT2D eigenvalue weighted by molar-refractivity contribution is 7.13. The van der Waals surface area contributed by atoms with Crippen LogP contribution in [0.5, 0.6) is 0 Å². The summed E-state index contributed by atoms with van der Waals surface area (Å²) in [4.78, 5) is 45.9. The number of nitrogens with one attached hydrogen (secondary N) is 1. The van der Waals surface area contributed by atoms with Gasteiger partial charge in [0.05, 0.1) is 31.9 Å². The minimum atomic E-state index is -0.245. The lowest BCUT2D eigenvalue weighted by Gasteiger charge is -2.30. The quantitative estimate of drug-likeness (QED) is 0.657. The Bertz CT molecular complexity index is 754. The molecule has 3 rings (SSSR count). The number of carbonyl (C=O) groups excluding carboxylic acids is 3. The van der Waals surface area contributed by atoms with Crippen LogP contribution in [0.15, 0.2) is 5.38 Å². The number of morpholine rings is 1. The van der Waals surface area contributed by atoms with Crippen LogP contribution in [0, 0.1) is 11.8 Å². The van der Waals surface area contributed by atoms with Gasteiger partial charge in [-0.25, -0.2) is 4.98 Å². The number of hydrogen-bond donors (Lipinski definition) is 1. The summed E-state index contributed by atoms with van der Waals surface area (Å²) in [6, 6.07) is 0. The van der Waals surface area contributed by atoms with Crippen molar-refractivity contribution in [3.63, 3.8) is 0 Å². The van der Waals surface area contributed by atoms with E-state index in [4.69, 9.17) is 4.74 Å². The third-order valence-corrected chi connectivity index (χ3v) is 6.49. The lowest BCUT2D eigenvalue weighted by Crippen LogP contribution is -2.43. The van der Waals surface area contributed by atoms with E-state index in [0.717, 1.165) is 25.7 Å². The molecule has 1 aliphatic carbocycles. The molecule has 0 bridgehead atoms. The Kier molecular flexibility index (Phi) is 8.83. The first kappa shape index (κ1) is 23.7. The minimum Gasteiger partial charge on any atom is -0.378 e. The average molecular weight is 451 g/mol. The molecule has 1 aromatic rings. The summed E-state index contributed by atoms with van der Waals surface area (Å²) < 4.78 is 5.28. The van der Waals surface area contributed by atoms with Crippen LogP contribution in [-0.4, -0.2) is 71.9 Å². The second-order valence-corrected chi connectivity index (χ2v) is 9.67. The van der Waals surface area contributed by atoms with E-state index in [0.29, 0.717) is 43.7 Å². The molecule has 0 aromatic carbocycles. The van der Waals surface area contributed by atoms with Crippen molar-refractivity contribution < 1.29 is 19.1 Å². The Balaban J connectivity index is 1.53. The minimum absolute atomic E-state index is 0.0210. The molecule has 31 heavy (non-hydrogen) atoms. The van der Waals surface area contributed by atoms with E-state index in [1.807, 2.05) is 0 Å². The molecule has 0 unspecified atom stereocenters. The monoisotopic (exact) mass is 450 g/mol. The van der Waals surface area contributed by atoms with E-state index in [-0.39, 0.29) is 42.5 Å². The molecule has 2 fully saturated rings. The van der Waals surface area contributed by atoms with Crippen LogP contribution in [0.3, 0.4) is 0 Å². The van der Waals surface area contributed by atoms with Crippen LogP contribution >= 0.6 is 11.3 Å². The van der Waals surface area contributed by atoms with Crippen molar-refractivity contribution in [3.8, 4) is 0 Å². The summed E-state index contributed by atoms with van der Waals surface area (Å²) in [7, 11) is 0. The lowest BCUT2D eigenvalue weighted by atomic mass is 9.88. The van der Waals surface area contributed by atoms with E-state index in [9.17, 15) is 14.4 Å². The van der Waals surface area contributed by atoms with E-state index in [1.165, 1.54) is 17.8 Å². The molecular weight excluding hydrogens is 416 g/mol. The fourth-order valence-corrected chi connectivity index (χ4v) is 4.86. The van der Waals surface area contributed by atoms with E-state index >= 15 is 0 Å². The normalized spacial score (nSPS) is 17.6. The number of carbonyl (C=O) groups is 3. The van der Waals surface area contributed by atoms with Gasteiger partial charge in [-0.05, 0) is 18.8 Å². The summed E-state index contributed by atoms with van der Waals surface area (Å²) in [5, 5.41) is 5.07. The maximum absolute atomic E-state index is 13.0. The summed E-state index contributed by atoms with van der Waals surface area (Å²) in [5.74, 6) is 0.202. The lowest BCUT2D eigenvalue weighted by molar-refractivity contribution is -0.139. The SMILES string of the molecule is CC(C)CN(CC(=O)Nc1nc(CC(=O)N2CCOCC2)cs1)C(=O)C1CCCCC1. The van der Waals surface area contributed by atoms with Crippen LogP contribution in [0.1, 0.15) is 51.6 Å². The molecule has 8 nitrogen and oxygen atoms in total. The highest BCUT2D eigenvalue weighted by atomic mass is 32.1. The first-order valence-electron chi connectivity index (χ1n) is 11.3. The Hall–Kier alpha value is -2.00. The Labute approximate surface area is 188 Å². The molecule has 1 N–H and O–H groups in total. The number of thiazole rings is 1. The number of aromatic nitrogens is 1. The number of rotatable bonds is 8. The van der Waals surface area contributed by atoms with Gasteiger partial charge < -0.3 is 19.9 Å². The van der Waals surface area contributed by atoms with E-state index in [2.05, 4.69) is 24.1 Å². The molecule has 1 saturated carbocycles. The van der Waals surface area contributed by atoms with E-state index in [1.54, 1.807) is 15.2 Å². The van der Waals surface area contributed by atoms with Gasteiger partial charge in [-0.3, -0.25) is 14.4 Å². The van der Waals surface area contributed by atoms with Crippen LogP contribution in [0.4, 0.5) is 5.13 Å².